The van der Waals surface area contributed by atoms with Gasteiger partial charge in [-0.2, -0.15) is 0 Å². The molecule has 12 nitrogen and oxygen atoms in total. The minimum absolute atomic E-state index is 0.0154. The van der Waals surface area contributed by atoms with Crippen LogP contribution in [0.2, 0.25) is 0 Å². The summed E-state index contributed by atoms with van der Waals surface area (Å²) >= 11 is 0. The molecule has 4 saturated carbocycles. The number of amides is 1. The van der Waals surface area contributed by atoms with Crippen molar-refractivity contribution in [2.75, 3.05) is 26.4 Å². The molecule has 236 valence electrons. The number of rotatable bonds is 10. The molecule has 6 aliphatic rings. The van der Waals surface area contributed by atoms with Gasteiger partial charge in [0.1, 0.15) is 30.5 Å². The van der Waals surface area contributed by atoms with Crippen molar-refractivity contribution < 1.29 is 54.4 Å². The minimum Gasteiger partial charge on any atom is -0.394 e. The van der Waals surface area contributed by atoms with Crippen LogP contribution in [-0.4, -0.2) is 118 Å². The Morgan fingerprint density at radius 2 is 1.46 bits per heavy atom. The summed E-state index contributed by atoms with van der Waals surface area (Å²) in [5, 5.41) is 64.5. The largest absolute Gasteiger partial charge is 0.394 e. The maximum absolute atomic E-state index is 12.9. The Morgan fingerprint density at radius 1 is 0.854 bits per heavy atom. The van der Waals surface area contributed by atoms with Crippen molar-refractivity contribution in [3.63, 3.8) is 0 Å². The first-order valence-electron chi connectivity index (χ1n) is 15.1. The van der Waals surface area contributed by atoms with E-state index in [-0.39, 0.29) is 24.5 Å². The second kappa shape index (κ2) is 11.9. The lowest BCUT2D eigenvalue weighted by Gasteiger charge is -2.65. The molecule has 12 atom stereocenters. The van der Waals surface area contributed by atoms with Crippen LogP contribution in [0.3, 0.4) is 0 Å². The monoisotopic (exact) mass is 587 g/mol. The fraction of sp³-hybridized carbons (Fsp3) is 0.966. The van der Waals surface area contributed by atoms with Crippen LogP contribution in [0, 0.1) is 28.1 Å². The maximum atomic E-state index is 12.9. The second-order valence-corrected chi connectivity index (χ2v) is 14.4. The summed E-state index contributed by atoms with van der Waals surface area (Å²) in [4.78, 5) is 12.9. The van der Waals surface area contributed by atoms with Crippen LogP contribution in [0.4, 0.5) is 0 Å². The predicted octanol–water partition coefficient (Wildman–Crippen LogP) is -0.595. The smallest absolute Gasteiger partial charge is 0.220 e. The van der Waals surface area contributed by atoms with Crippen molar-refractivity contribution in [3.05, 3.63) is 0 Å². The van der Waals surface area contributed by atoms with E-state index in [0.717, 1.165) is 19.3 Å². The van der Waals surface area contributed by atoms with Crippen molar-refractivity contribution in [3.8, 4) is 0 Å². The number of nitrogens with one attached hydrogen (secondary N) is 1. The number of aliphatic hydroxyl groups is 6. The van der Waals surface area contributed by atoms with Gasteiger partial charge in [0.2, 0.25) is 5.91 Å². The average molecular weight is 588 g/mol. The highest BCUT2D eigenvalue weighted by molar-refractivity contribution is 5.76. The summed E-state index contributed by atoms with van der Waals surface area (Å²) in [6.07, 6.45) is -4.30. The zero-order chi connectivity index (χ0) is 29.7. The Bertz CT molecular complexity index is 914. The summed E-state index contributed by atoms with van der Waals surface area (Å²) in [5.41, 5.74) is 0.722. The van der Waals surface area contributed by atoms with E-state index in [4.69, 9.17) is 18.9 Å². The maximum Gasteiger partial charge on any atom is 0.220 e. The lowest BCUT2D eigenvalue weighted by Crippen LogP contribution is -2.63. The SMILES string of the molecule is C[C@H]1C(CO)O[C@@H](O[C@H]2C(CO)O[C@H](OCCNC(=O)CC34CC5CC(C)(CC(C)(C5)C3)C4)[C@H](O)C2O)[C@H](O)C1O. The second-order valence-electron chi connectivity index (χ2n) is 14.4. The molecule has 2 aliphatic heterocycles. The van der Waals surface area contributed by atoms with Gasteiger partial charge in [0.25, 0.3) is 0 Å². The molecule has 0 aromatic heterocycles. The fourth-order valence-electron chi connectivity index (χ4n) is 9.55. The van der Waals surface area contributed by atoms with Crippen molar-refractivity contribution in [2.45, 2.75) is 121 Å². The van der Waals surface area contributed by atoms with Crippen LogP contribution in [0.5, 0.6) is 0 Å². The zero-order valence-corrected chi connectivity index (χ0v) is 24.4. The van der Waals surface area contributed by atoms with E-state index in [2.05, 4.69) is 19.2 Å². The average Bonchev–Trinajstić information content (AvgIpc) is 2.87. The molecule has 41 heavy (non-hydrogen) atoms. The van der Waals surface area contributed by atoms with Crippen LogP contribution < -0.4 is 5.32 Å². The Morgan fingerprint density at radius 3 is 2.07 bits per heavy atom. The molecule has 4 aliphatic carbocycles. The van der Waals surface area contributed by atoms with Crippen molar-refractivity contribution in [1.29, 1.82) is 0 Å². The first-order chi connectivity index (χ1) is 19.3. The van der Waals surface area contributed by atoms with E-state index in [1.54, 1.807) is 6.92 Å². The zero-order valence-electron chi connectivity index (χ0n) is 24.4. The lowest BCUT2D eigenvalue weighted by atomic mass is 9.40. The Balaban J connectivity index is 1.10. The molecular formula is C29H49NO11. The first-order valence-corrected chi connectivity index (χ1v) is 15.1. The summed E-state index contributed by atoms with van der Waals surface area (Å²) in [6.45, 7) is 5.56. The van der Waals surface area contributed by atoms with Gasteiger partial charge in [0, 0.05) is 18.9 Å². The quantitative estimate of drug-likeness (QED) is 0.162. The molecule has 6 rings (SSSR count). The molecule has 12 heteroatoms. The van der Waals surface area contributed by atoms with E-state index in [1.807, 2.05) is 0 Å². The third-order valence-corrected chi connectivity index (χ3v) is 10.3. The Kier molecular flexibility index (Phi) is 9.12. The topological polar surface area (TPSA) is 187 Å². The van der Waals surface area contributed by atoms with Gasteiger partial charge in [-0.3, -0.25) is 4.79 Å². The highest BCUT2D eigenvalue weighted by atomic mass is 16.7. The molecule has 7 N–H and O–H groups in total. The molecule has 0 spiro atoms. The molecular weight excluding hydrogens is 538 g/mol. The highest BCUT2D eigenvalue weighted by Crippen LogP contribution is 2.70. The highest BCUT2D eigenvalue weighted by Gasteiger charge is 2.60. The minimum atomic E-state index is -1.58. The van der Waals surface area contributed by atoms with Crippen molar-refractivity contribution in [2.24, 2.45) is 28.1 Å². The molecule has 4 bridgehead atoms. The summed E-state index contributed by atoms with van der Waals surface area (Å²) < 4.78 is 22.5. The predicted molar refractivity (Wildman–Crippen MR) is 143 cm³/mol. The van der Waals surface area contributed by atoms with Crippen LogP contribution in [0.25, 0.3) is 0 Å². The summed E-state index contributed by atoms with van der Waals surface area (Å²) in [5.74, 6) is 0.121. The molecule has 2 heterocycles. The molecule has 0 radical (unpaired) electrons. The van der Waals surface area contributed by atoms with E-state index in [1.165, 1.54) is 19.3 Å². The van der Waals surface area contributed by atoms with Gasteiger partial charge in [0.05, 0.1) is 32.0 Å². The van der Waals surface area contributed by atoms with Gasteiger partial charge in [0.15, 0.2) is 12.6 Å². The number of hydrogen-bond acceptors (Lipinski definition) is 11. The van der Waals surface area contributed by atoms with Gasteiger partial charge in [-0.15, -0.1) is 0 Å². The first kappa shape index (κ1) is 31.5. The van der Waals surface area contributed by atoms with Gasteiger partial charge in [-0.1, -0.05) is 20.8 Å². The van der Waals surface area contributed by atoms with Crippen LogP contribution in [-0.2, 0) is 23.7 Å². The molecule has 6 fully saturated rings. The molecule has 0 aromatic carbocycles. The van der Waals surface area contributed by atoms with Crippen molar-refractivity contribution in [1.82, 2.24) is 5.32 Å². The third kappa shape index (κ3) is 6.33. The Hall–Kier alpha value is -0.930. The Labute approximate surface area is 241 Å². The van der Waals surface area contributed by atoms with E-state index >= 15 is 0 Å². The van der Waals surface area contributed by atoms with E-state index in [9.17, 15) is 35.4 Å². The number of aliphatic hydroxyl groups excluding tert-OH is 6. The molecule has 6 unspecified atom stereocenters. The van der Waals surface area contributed by atoms with Gasteiger partial charge in [-0.05, 0) is 60.7 Å². The number of hydrogen-bond donors (Lipinski definition) is 7. The fourth-order valence-corrected chi connectivity index (χ4v) is 9.55. The third-order valence-electron chi connectivity index (χ3n) is 10.3. The van der Waals surface area contributed by atoms with E-state index in [0.29, 0.717) is 23.2 Å². The van der Waals surface area contributed by atoms with Crippen LogP contribution in [0.15, 0.2) is 0 Å². The molecule has 0 aromatic rings. The van der Waals surface area contributed by atoms with E-state index < -0.39 is 74.4 Å². The van der Waals surface area contributed by atoms with Crippen LogP contribution in [0.1, 0.15) is 65.7 Å². The van der Waals surface area contributed by atoms with Gasteiger partial charge in [-0.25, -0.2) is 0 Å². The lowest BCUT2D eigenvalue weighted by molar-refractivity contribution is -0.355. The summed E-state index contributed by atoms with van der Waals surface area (Å²) in [6, 6.07) is 0. The molecule has 2 saturated heterocycles. The normalized spacial score (nSPS) is 51.1. The molecule has 1 amide bonds. The van der Waals surface area contributed by atoms with Crippen molar-refractivity contribution >= 4 is 5.91 Å². The van der Waals surface area contributed by atoms with Crippen LogP contribution >= 0.6 is 0 Å². The number of carbonyl (C=O) groups excluding carboxylic acids is 1. The number of ether oxygens (including phenoxy) is 4. The summed E-state index contributed by atoms with van der Waals surface area (Å²) in [7, 11) is 0. The standard InChI is InChI=1S/C29H49NO11/c1-15-17(10-31)39-26(22(36)20(15)34)41-24-18(11-32)40-25(23(37)21(24)35)38-5-4-30-19(33)9-29-8-16-6-27(2,13-29)12-28(3,7-16)14-29/h15-18,20-26,31-32,34-37H,4-14H2,1-3H3,(H,30,33)/t15-,16?,17?,18?,20?,21?,22+,23+,24-,25-,26-,27?,28?,29?/m0/s1. The van der Waals surface area contributed by atoms with Gasteiger partial charge >= 0.3 is 0 Å². The number of carbonyl (C=O) groups is 1. The van der Waals surface area contributed by atoms with Gasteiger partial charge < -0.3 is 54.9 Å².